The monoisotopic (exact) mass is 1280 g/mol. The van der Waals surface area contributed by atoms with E-state index in [4.69, 9.17) is 4.42 Å². The summed E-state index contributed by atoms with van der Waals surface area (Å²) >= 11 is 3.73. The average Bonchev–Trinajstić information content (AvgIpc) is 1.25. The van der Waals surface area contributed by atoms with Crippen molar-refractivity contribution >= 4 is 168 Å². The molecule has 2 aliphatic carbocycles. The molecular weight excluding hydrogens is 1220 g/mol. The van der Waals surface area contributed by atoms with Crippen LogP contribution >= 0.6 is 22.7 Å². The number of hydrogen-bond acceptors (Lipinski definition) is 5. The van der Waals surface area contributed by atoms with Crippen LogP contribution < -0.4 is 9.80 Å². The van der Waals surface area contributed by atoms with Crippen molar-refractivity contribution in [3.63, 3.8) is 0 Å². The summed E-state index contributed by atoms with van der Waals surface area (Å²) < 4.78 is 14.9. The Morgan fingerprint density at radius 3 is 1.35 bits per heavy atom. The zero-order valence-electron chi connectivity index (χ0n) is 54.8. The molecule has 0 bridgehead atoms. The molecule has 5 aromatic heterocycles. The van der Waals surface area contributed by atoms with Gasteiger partial charge in [-0.05, 0) is 220 Å². The fourth-order valence-electron chi connectivity index (χ4n) is 17.9. The predicted octanol–water partition coefficient (Wildman–Crippen LogP) is 26.8. The van der Waals surface area contributed by atoms with Gasteiger partial charge in [0.1, 0.15) is 11.2 Å². The molecule has 0 N–H and O–H groups in total. The standard InChI is InChI=1S/C91H63N3OS2/c1-50-36-51(2)88(52(3)37-50)55-40-74-64-30-24-58(92(60-26-32-68-66-18-10-14-22-84(66)96-86(68)48-60)56-28-34-78-70(44-56)62-16-8-12-20-76(62)90(78,4)5)46-81(64)94-80-42-53-39-73-65-31-25-59(47-83(65)95-82(73)43-54(53)38-72(80)75(41-55)89(74)94)93(61-27-33-69-67-19-11-15-23-85(67)97-87(69)49-61)57-29-35-79-71(45-57)63-17-9-13-21-77(63)91(79,6)7/h8-49H,1-7H3. The zero-order valence-corrected chi connectivity index (χ0v) is 56.4. The van der Waals surface area contributed by atoms with Crippen LogP contribution in [0.15, 0.2) is 259 Å². The lowest BCUT2D eigenvalue weighted by Gasteiger charge is -2.27. The Balaban J connectivity index is 0.765. The average molecular weight is 1280 g/mol. The van der Waals surface area contributed by atoms with Gasteiger partial charge in [-0.1, -0.05) is 161 Å². The molecule has 6 heteroatoms. The van der Waals surface area contributed by atoms with Gasteiger partial charge in [-0.25, -0.2) is 0 Å². The van der Waals surface area contributed by atoms with Crippen molar-refractivity contribution in [2.45, 2.75) is 59.3 Å². The molecule has 0 unspecified atom stereocenters. The minimum atomic E-state index is -0.112. The molecule has 0 saturated carbocycles. The maximum absolute atomic E-state index is 7.14. The Hall–Kier alpha value is -11.0. The normalized spacial score (nSPS) is 13.9. The van der Waals surface area contributed by atoms with E-state index in [1.54, 1.807) is 0 Å². The number of nitrogens with zero attached hydrogens (tertiary/aromatic N) is 3. The highest BCUT2D eigenvalue weighted by Crippen LogP contribution is 2.55. The van der Waals surface area contributed by atoms with Crippen LogP contribution in [0.4, 0.5) is 34.1 Å². The van der Waals surface area contributed by atoms with Crippen molar-refractivity contribution in [1.29, 1.82) is 0 Å². The molecule has 0 fully saturated rings. The highest BCUT2D eigenvalue weighted by molar-refractivity contribution is 7.26. The van der Waals surface area contributed by atoms with Gasteiger partial charge in [0.05, 0.1) is 16.6 Å². The van der Waals surface area contributed by atoms with Crippen LogP contribution in [0.3, 0.4) is 0 Å². The van der Waals surface area contributed by atoms with Gasteiger partial charge in [-0.2, -0.15) is 0 Å². The lowest BCUT2D eigenvalue weighted by molar-refractivity contribution is 0.660. The van der Waals surface area contributed by atoms with Crippen molar-refractivity contribution in [3.8, 4) is 33.4 Å². The summed E-state index contributed by atoms with van der Waals surface area (Å²) in [7, 11) is 0. The minimum Gasteiger partial charge on any atom is -0.456 e. The number of benzene rings is 14. The van der Waals surface area contributed by atoms with Crippen LogP contribution in [0.25, 0.3) is 145 Å². The van der Waals surface area contributed by atoms with Gasteiger partial charge in [0, 0.05) is 124 Å². The molecule has 0 radical (unpaired) electrons. The molecule has 0 spiro atoms. The van der Waals surface area contributed by atoms with Crippen LogP contribution in [0.1, 0.15) is 66.6 Å². The molecule has 0 aliphatic heterocycles. The molecule has 14 aromatic carbocycles. The van der Waals surface area contributed by atoms with Gasteiger partial charge in [-0.3, -0.25) is 0 Å². The fraction of sp³-hybridized carbons (Fsp3) is 0.0989. The van der Waals surface area contributed by atoms with Crippen LogP contribution in [0.5, 0.6) is 0 Å². The van der Waals surface area contributed by atoms with E-state index in [0.717, 1.165) is 61.4 Å². The molecule has 460 valence electrons. The molecule has 21 rings (SSSR count). The Morgan fingerprint density at radius 1 is 0.320 bits per heavy atom. The molecule has 5 heterocycles. The molecule has 0 amide bonds. The number of aromatic nitrogens is 1. The second kappa shape index (κ2) is 19.6. The first-order chi connectivity index (χ1) is 47.3. The summed E-state index contributed by atoms with van der Waals surface area (Å²) in [6.07, 6.45) is 0. The first-order valence-corrected chi connectivity index (χ1v) is 35.5. The third-order valence-corrected chi connectivity index (χ3v) is 24.5. The minimum absolute atomic E-state index is 0.103. The van der Waals surface area contributed by atoms with E-state index < -0.39 is 0 Å². The molecule has 0 saturated heterocycles. The highest BCUT2D eigenvalue weighted by Gasteiger charge is 2.38. The quantitative estimate of drug-likeness (QED) is 0.159. The Labute approximate surface area is 569 Å². The first kappa shape index (κ1) is 55.3. The van der Waals surface area contributed by atoms with E-state index in [1.165, 1.54) is 156 Å². The van der Waals surface area contributed by atoms with Crippen molar-refractivity contribution in [1.82, 2.24) is 4.40 Å². The van der Waals surface area contributed by atoms with Gasteiger partial charge in [0.25, 0.3) is 0 Å². The number of fused-ring (bicyclic) bond motifs is 22. The number of rotatable bonds is 7. The Morgan fingerprint density at radius 2 is 0.753 bits per heavy atom. The van der Waals surface area contributed by atoms with Gasteiger partial charge < -0.3 is 18.6 Å². The highest BCUT2D eigenvalue weighted by atomic mass is 32.1. The molecule has 97 heavy (non-hydrogen) atoms. The molecule has 19 aromatic rings. The van der Waals surface area contributed by atoms with Gasteiger partial charge >= 0.3 is 0 Å². The van der Waals surface area contributed by atoms with E-state index in [1.807, 2.05) is 22.7 Å². The van der Waals surface area contributed by atoms with Crippen molar-refractivity contribution in [2.75, 3.05) is 9.80 Å². The maximum atomic E-state index is 7.14. The maximum Gasteiger partial charge on any atom is 0.137 e. The lowest BCUT2D eigenvalue weighted by atomic mass is 9.82. The second-order valence-electron chi connectivity index (χ2n) is 28.6. The van der Waals surface area contributed by atoms with Crippen molar-refractivity contribution < 1.29 is 4.42 Å². The Bertz CT molecular complexity index is 6680. The number of aryl methyl sites for hydroxylation is 3. The fourth-order valence-corrected chi connectivity index (χ4v) is 20.2. The number of thiophene rings is 2. The number of hydrogen-bond donors (Lipinski definition) is 0. The van der Waals surface area contributed by atoms with Crippen molar-refractivity contribution in [3.05, 3.63) is 294 Å². The van der Waals surface area contributed by atoms with Gasteiger partial charge in [0.2, 0.25) is 0 Å². The predicted molar refractivity (Wildman–Crippen MR) is 416 cm³/mol. The largest absolute Gasteiger partial charge is 0.456 e. The third-order valence-electron chi connectivity index (χ3n) is 22.3. The Kier molecular flexibility index (Phi) is 11.2. The number of furan rings is 1. The topological polar surface area (TPSA) is 24.0 Å². The van der Waals surface area contributed by atoms with Gasteiger partial charge in [0.15, 0.2) is 0 Å². The number of anilines is 6. The summed E-state index contributed by atoms with van der Waals surface area (Å²) in [4.78, 5) is 4.93. The van der Waals surface area contributed by atoms with E-state index in [-0.39, 0.29) is 10.8 Å². The van der Waals surface area contributed by atoms with Crippen LogP contribution in [0, 0.1) is 20.8 Å². The SMILES string of the molecule is Cc1cc(C)c(-c2cc3c4ccc(N(c5ccc6c(c5)-c5ccccc5C6(C)C)c5ccc6c(c5)sc5ccccc56)cc4n4c5cc6cc7c(cc6cc5c(c2)c34)oc2cc(N(c3ccc4c(c3)-c3ccccc3C4(C)C)c3ccc4c(c3)sc3ccccc34)ccc27)c(C)c1. The molecule has 4 nitrogen and oxygen atoms in total. The van der Waals surface area contributed by atoms with E-state index in [0.29, 0.717) is 0 Å². The molecule has 2 aliphatic rings. The van der Waals surface area contributed by atoms with Crippen LogP contribution in [-0.4, -0.2) is 4.40 Å². The summed E-state index contributed by atoms with van der Waals surface area (Å²) in [5.74, 6) is 0. The van der Waals surface area contributed by atoms with E-state index in [2.05, 4.69) is 317 Å². The summed E-state index contributed by atoms with van der Waals surface area (Å²) in [6.45, 7) is 16.2. The van der Waals surface area contributed by atoms with E-state index >= 15 is 0 Å². The van der Waals surface area contributed by atoms with Gasteiger partial charge in [-0.15, -0.1) is 22.7 Å². The van der Waals surface area contributed by atoms with E-state index in [9.17, 15) is 0 Å². The summed E-state index contributed by atoms with van der Waals surface area (Å²) in [5.41, 5.74) is 28.8. The first-order valence-electron chi connectivity index (χ1n) is 33.8. The third kappa shape index (κ3) is 7.74. The lowest BCUT2D eigenvalue weighted by Crippen LogP contribution is -2.15. The molecular formula is C91H63N3OS2. The zero-order chi connectivity index (χ0) is 64.6. The molecule has 0 atom stereocenters. The second-order valence-corrected chi connectivity index (χ2v) is 30.8. The van der Waals surface area contributed by atoms with Crippen molar-refractivity contribution in [2.24, 2.45) is 0 Å². The smallest absolute Gasteiger partial charge is 0.137 e. The summed E-state index contributed by atoms with van der Waals surface area (Å²) in [6, 6.07) is 97.2. The van der Waals surface area contributed by atoms with Crippen LogP contribution in [0.2, 0.25) is 0 Å². The van der Waals surface area contributed by atoms with Crippen LogP contribution in [-0.2, 0) is 10.8 Å². The summed E-state index contributed by atoms with van der Waals surface area (Å²) in [5, 5.41) is 14.6.